The van der Waals surface area contributed by atoms with Gasteiger partial charge in [-0.25, -0.2) is 0 Å². The largest absolute Gasteiger partial charge is 0.472 e. The van der Waals surface area contributed by atoms with Crippen molar-refractivity contribution in [3.63, 3.8) is 0 Å². The topological polar surface area (TPSA) is 68.0 Å². The lowest BCUT2D eigenvalue weighted by molar-refractivity contribution is 0.102. The maximum absolute atomic E-state index is 11.5. The van der Waals surface area contributed by atoms with Crippen LogP contribution in [0, 0.1) is 0 Å². The molecule has 2 rings (SSSR count). The second-order valence-corrected chi connectivity index (χ2v) is 2.60. The summed E-state index contributed by atoms with van der Waals surface area (Å²) in [5, 5.41) is 9.87. The molecule has 0 spiro atoms. The first-order valence-electron chi connectivity index (χ1n) is 3.96. The van der Waals surface area contributed by atoms with Crippen molar-refractivity contribution >= 4 is 11.6 Å². The number of anilines is 1. The Bertz CT molecular complexity index is 411. The summed E-state index contributed by atoms with van der Waals surface area (Å²) in [5.41, 5.74) is 1.08. The van der Waals surface area contributed by atoms with Crippen LogP contribution in [-0.4, -0.2) is 16.1 Å². The van der Waals surface area contributed by atoms with Crippen molar-refractivity contribution in [1.82, 2.24) is 10.2 Å². The number of hydrogen-bond acceptors (Lipinski definition) is 4. The van der Waals surface area contributed by atoms with Gasteiger partial charge in [0.15, 0.2) is 0 Å². The molecular formula is C9H7N3O2. The lowest BCUT2D eigenvalue weighted by Gasteiger charge is -2.00. The highest BCUT2D eigenvalue weighted by atomic mass is 16.3. The normalized spacial score (nSPS) is 9.71. The van der Waals surface area contributed by atoms with Crippen LogP contribution in [0.15, 0.2) is 41.5 Å². The van der Waals surface area contributed by atoms with E-state index in [-0.39, 0.29) is 5.91 Å². The molecule has 1 N–H and O–H groups in total. The van der Waals surface area contributed by atoms with Crippen molar-refractivity contribution in [3.8, 4) is 0 Å². The van der Waals surface area contributed by atoms with Crippen LogP contribution in [0.2, 0.25) is 0 Å². The molecule has 0 aliphatic rings. The Kier molecular flexibility index (Phi) is 2.22. The Hall–Kier alpha value is -2.17. The molecule has 5 nitrogen and oxygen atoms in total. The van der Waals surface area contributed by atoms with E-state index in [9.17, 15) is 4.79 Å². The van der Waals surface area contributed by atoms with Crippen LogP contribution in [-0.2, 0) is 0 Å². The molecule has 0 saturated carbocycles. The monoisotopic (exact) mass is 189 g/mol. The van der Waals surface area contributed by atoms with Gasteiger partial charge in [0.25, 0.3) is 5.91 Å². The van der Waals surface area contributed by atoms with E-state index < -0.39 is 0 Å². The molecule has 0 atom stereocenters. The number of hydrogen-bond donors (Lipinski definition) is 1. The van der Waals surface area contributed by atoms with E-state index in [1.807, 2.05) is 0 Å². The molecule has 0 aliphatic heterocycles. The van der Waals surface area contributed by atoms with E-state index in [2.05, 4.69) is 15.5 Å². The standard InChI is InChI=1S/C9H7N3O2/c13-9(7-2-4-14-6-7)12-8-1-3-10-11-5-8/h1-6H,(H,10,12,13). The predicted octanol–water partition coefficient (Wildman–Crippen LogP) is 1.32. The maximum atomic E-state index is 11.5. The van der Waals surface area contributed by atoms with Crippen molar-refractivity contribution in [2.24, 2.45) is 0 Å². The summed E-state index contributed by atoms with van der Waals surface area (Å²) < 4.78 is 4.78. The first-order chi connectivity index (χ1) is 6.86. The van der Waals surface area contributed by atoms with Crippen molar-refractivity contribution in [3.05, 3.63) is 42.6 Å². The van der Waals surface area contributed by atoms with Crippen LogP contribution in [0.25, 0.3) is 0 Å². The summed E-state index contributed by atoms with van der Waals surface area (Å²) in [6.45, 7) is 0. The van der Waals surface area contributed by atoms with Crippen molar-refractivity contribution < 1.29 is 9.21 Å². The van der Waals surface area contributed by atoms with Crippen LogP contribution < -0.4 is 5.32 Å². The fourth-order valence-electron chi connectivity index (χ4n) is 0.962. The van der Waals surface area contributed by atoms with Crippen molar-refractivity contribution in [2.75, 3.05) is 5.32 Å². The number of carbonyl (C=O) groups is 1. The molecule has 0 radical (unpaired) electrons. The summed E-state index contributed by atoms with van der Waals surface area (Å²) >= 11 is 0. The summed E-state index contributed by atoms with van der Waals surface area (Å²) in [6.07, 6.45) is 5.80. The number of amides is 1. The van der Waals surface area contributed by atoms with Gasteiger partial charge in [0.1, 0.15) is 6.26 Å². The smallest absolute Gasteiger partial charge is 0.258 e. The van der Waals surface area contributed by atoms with Gasteiger partial charge >= 0.3 is 0 Å². The van der Waals surface area contributed by atoms with Crippen molar-refractivity contribution in [2.45, 2.75) is 0 Å². The zero-order chi connectivity index (χ0) is 9.80. The molecule has 14 heavy (non-hydrogen) atoms. The molecule has 2 heterocycles. The first-order valence-corrected chi connectivity index (χ1v) is 3.96. The fourth-order valence-corrected chi connectivity index (χ4v) is 0.962. The van der Waals surface area contributed by atoms with E-state index in [1.54, 1.807) is 12.1 Å². The minimum absolute atomic E-state index is 0.230. The molecule has 5 heteroatoms. The number of furan rings is 1. The second-order valence-electron chi connectivity index (χ2n) is 2.60. The number of aromatic nitrogens is 2. The lowest BCUT2D eigenvalue weighted by Crippen LogP contribution is -2.10. The van der Waals surface area contributed by atoms with Gasteiger partial charge in [0.2, 0.25) is 0 Å². The van der Waals surface area contributed by atoms with Crippen LogP contribution in [0.3, 0.4) is 0 Å². The van der Waals surface area contributed by atoms with Gasteiger partial charge in [-0.05, 0) is 12.1 Å². The Morgan fingerprint density at radius 3 is 2.93 bits per heavy atom. The number of carbonyl (C=O) groups excluding carboxylic acids is 1. The van der Waals surface area contributed by atoms with Gasteiger partial charge in [-0.1, -0.05) is 0 Å². The van der Waals surface area contributed by atoms with E-state index >= 15 is 0 Å². The van der Waals surface area contributed by atoms with Crippen LogP contribution in [0.4, 0.5) is 5.69 Å². The van der Waals surface area contributed by atoms with E-state index in [0.29, 0.717) is 11.3 Å². The Morgan fingerprint density at radius 1 is 1.36 bits per heavy atom. The van der Waals surface area contributed by atoms with Crippen molar-refractivity contribution in [1.29, 1.82) is 0 Å². The molecule has 0 aliphatic carbocycles. The molecule has 0 saturated heterocycles. The third-order valence-corrected chi connectivity index (χ3v) is 1.63. The lowest BCUT2D eigenvalue weighted by atomic mass is 10.3. The summed E-state index contributed by atoms with van der Waals surface area (Å²) in [7, 11) is 0. The molecule has 0 aromatic carbocycles. The Labute approximate surface area is 79.8 Å². The number of nitrogens with one attached hydrogen (secondary N) is 1. The summed E-state index contributed by atoms with van der Waals surface area (Å²) in [4.78, 5) is 11.5. The molecule has 70 valence electrons. The third-order valence-electron chi connectivity index (χ3n) is 1.63. The van der Waals surface area contributed by atoms with Crippen LogP contribution in [0.1, 0.15) is 10.4 Å². The zero-order valence-corrected chi connectivity index (χ0v) is 7.18. The highest BCUT2D eigenvalue weighted by molar-refractivity contribution is 6.03. The minimum atomic E-state index is -0.230. The summed E-state index contributed by atoms with van der Waals surface area (Å²) in [6, 6.07) is 3.24. The van der Waals surface area contributed by atoms with Gasteiger partial charge in [0, 0.05) is 0 Å². The first kappa shape index (κ1) is 8.43. The zero-order valence-electron chi connectivity index (χ0n) is 7.18. The minimum Gasteiger partial charge on any atom is -0.472 e. The van der Waals surface area contributed by atoms with E-state index in [1.165, 1.54) is 24.9 Å². The Balaban J connectivity index is 2.10. The Morgan fingerprint density at radius 2 is 2.29 bits per heavy atom. The van der Waals surface area contributed by atoms with E-state index in [4.69, 9.17) is 4.42 Å². The van der Waals surface area contributed by atoms with Gasteiger partial charge < -0.3 is 9.73 Å². The highest BCUT2D eigenvalue weighted by Crippen LogP contribution is 2.06. The quantitative estimate of drug-likeness (QED) is 0.773. The second kappa shape index (κ2) is 3.69. The highest BCUT2D eigenvalue weighted by Gasteiger charge is 2.06. The molecule has 0 unspecified atom stereocenters. The molecule has 1 amide bonds. The van der Waals surface area contributed by atoms with Gasteiger partial charge in [0.05, 0.1) is 29.9 Å². The van der Waals surface area contributed by atoms with Gasteiger partial charge in [-0.15, -0.1) is 0 Å². The average Bonchev–Trinajstić information content (AvgIpc) is 2.72. The molecule has 0 bridgehead atoms. The summed E-state index contributed by atoms with van der Waals surface area (Å²) in [5.74, 6) is -0.230. The number of rotatable bonds is 2. The fraction of sp³-hybridized carbons (Fsp3) is 0. The number of nitrogens with zero attached hydrogens (tertiary/aromatic N) is 2. The third kappa shape index (κ3) is 1.77. The van der Waals surface area contributed by atoms with Gasteiger partial charge in [-0.2, -0.15) is 10.2 Å². The SMILES string of the molecule is O=C(Nc1ccnnc1)c1ccoc1. The average molecular weight is 189 g/mol. The maximum Gasteiger partial charge on any atom is 0.258 e. The molecule has 0 fully saturated rings. The van der Waals surface area contributed by atoms with Crippen LogP contribution in [0.5, 0.6) is 0 Å². The van der Waals surface area contributed by atoms with E-state index in [0.717, 1.165) is 0 Å². The molecule has 2 aromatic heterocycles. The van der Waals surface area contributed by atoms with Crippen LogP contribution >= 0.6 is 0 Å². The predicted molar refractivity (Wildman–Crippen MR) is 48.7 cm³/mol. The molecular weight excluding hydrogens is 182 g/mol. The molecule has 2 aromatic rings. The van der Waals surface area contributed by atoms with Gasteiger partial charge in [-0.3, -0.25) is 4.79 Å².